The number of thioether (sulfide) groups is 1. The van der Waals surface area contributed by atoms with E-state index in [1.807, 2.05) is 13.0 Å². The number of amides is 2. The number of nitrogens with one attached hydrogen (secondary N) is 2. The lowest BCUT2D eigenvalue weighted by molar-refractivity contribution is -0.115. The largest absolute Gasteiger partial charge is 0.459 e. The molecular weight excluding hydrogens is 459 g/mol. The van der Waals surface area contributed by atoms with Crippen LogP contribution >= 0.6 is 27.7 Å². The summed E-state index contributed by atoms with van der Waals surface area (Å²) in [6.07, 6.45) is 1.98. The van der Waals surface area contributed by atoms with Gasteiger partial charge in [0.15, 0.2) is 5.76 Å². The van der Waals surface area contributed by atoms with E-state index in [1.54, 1.807) is 36.4 Å². The summed E-state index contributed by atoms with van der Waals surface area (Å²) >= 11 is 4.54. The number of carbonyl (C=O) groups is 2. The van der Waals surface area contributed by atoms with Crippen LogP contribution in [0.3, 0.4) is 0 Å². The quantitative estimate of drug-likeness (QED) is 0.413. The summed E-state index contributed by atoms with van der Waals surface area (Å²) in [5.41, 5.74) is 0.724. The summed E-state index contributed by atoms with van der Waals surface area (Å²) < 4.78 is 19.7. The molecule has 5 nitrogen and oxygen atoms in total. The fourth-order valence-corrected chi connectivity index (χ4v) is 3.88. The van der Waals surface area contributed by atoms with Gasteiger partial charge in [-0.2, -0.15) is 0 Å². The molecule has 150 valence electrons. The summed E-state index contributed by atoms with van der Waals surface area (Å²) in [6, 6.07) is 14.9. The highest BCUT2D eigenvalue weighted by Crippen LogP contribution is 2.29. The van der Waals surface area contributed by atoms with Crippen molar-refractivity contribution in [3.05, 3.63) is 76.9 Å². The van der Waals surface area contributed by atoms with Crippen LogP contribution in [0.1, 0.15) is 23.9 Å². The molecule has 0 aliphatic carbocycles. The molecule has 1 aromatic heterocycles. The zero-order chi connectivity index (χ0) is 20.8. The van der Waals surface area contributed by atoms with Gasteiger partial charge in [0.2, 0.25) is 5.91 Å². The van der Waals surface area contributed by atoms with E-state index < -0.39 is 11.1 Å². The maximum atomic E-state index is 14.0. The van der Waals surface area contributed by atoms with Gasteiger partial charge in [0, 0.05) is 15.1 Å². The van der Waals surface area contributed by atoms with Crippen molar-refractivity contribution in [3.8, 4) is 0 Å². The lowest BCUT2D eigenvalue weighted by Gasteiger charge is -2.16. The van der Waals surface area contributed by atoms with E-state index in [0.717, 1.165) is 4.90 Å². The molecule has 3 rings (SSSR count). The molecule has 2 amide bonds. The van der Waals surface area contributed by atoms with Gasteiger partial charge in [0.05, 0.1) is 17.2 Å². The topological polar surface area (TPSA) is 71.3 Å². The van der Waals surface area contributed by atoms with Crippen LogP contribution in [0.5, 0.6) is 0 Å². The van der Waals surface area contributed by atoms with E-state index in [-0.39, 0.29) is 23.3 Å². The molecule has 3 aromatic rings. The van der Waals surface area contributed by atoms with Crippen LogP contribution in [0, 0.1) is 5.82 Å². The van der Waals surface area contributed by atoms with Gasteiger partial charge < -0.3 is 15.1 Å². The van der Waals surface area contributed by atoms with E-state index in [9.17, 15) is 14.0 Å². The highest BCUT2D eigenvalue weighted by atomic mass is 79.9. The Bertz CT molecular complexity index is 1010. The average Bonchev–Trinajstić information content (AvgIpc) is 3.23. The van der Waals surface area contributed by atoms with Crippen molar-refractivity contribution in [2.75, 3.05) is 10.6 Å². The van der Waals surface area contributed by atoms with Crippen molar-refractivity contribution in [1.29, 1.82) is 0 Å². The summed E-state index contributed by atoms with van der Waals surface area (Å²) in [5.74, 6) is -0.933. The predicted molar refractivity (Wildman–Crippen MR) is 116 cm³/mol. The number of hydrogen-bond acceptors (Lipinski definition) is 4. The minimum atomic E-state index is -0.504. The first kappa shape index (κ1) is 21.1. The van der Waals surface area contributed by atoms with Gasteiger partial charge in [0.25, 0.3) is 5.91 Å². The summed E-state index contributed by atoms with van der Waals surface area (Å²) in [4.78, 5) is 25.5. The highest BCUT2D eigenvalue weighted by molar-refractivity contribution is 9.10. The fraction of sp³-hybridized carbons (Fsp3) is 0.143. The molecule has 2 N–H and O–H groups in total. The molecule has 0 saturated heterocycles. The lowest BCUT2D eigenvalue weighted by atomic mass is 10.2. The van der Waals surface area contributed by atoms with Gasteiger partial charge in [-0.15, -0.1) is 11.8 Å². The van der Waals surface area contributed by atoms with Gasteiger partial charge in [-0.25, -0.2) is 4.39 Å². The average molecular weight is 477 g/mol. The Kier molecular flexibility index (Phi) is 7.11. The Balaban J connectivity index is 1.67. The van der Waals surface area contributed by atoms with E-state index in [4.69, 9.17) is 4.42 Å². The molecule has 0 aliphatic rings. The second-order valence-corrected chi connectivity index (χ2v) is 8.28. The third kappa shape index (κ3) is 5.71. The number of hydrogen-bond donors (Lipinski definition) is 2. The van der Waals surface area contributed by atoms with Crippen molar-refractivity contribution in [2.45, 2.75) is 23.5 Å². The molecule has 0 spiro atoms. The Morgan fingerprint density at radius 1 is 1.14 bits per heavy atom. The molecular formula is C21H18BrFN2O3S. The van der Waals surface area contributed by atoms with Crippen LogP contribution in [-0.2, 0) is 4.79 Å². The summed E-state index contributed by atoms with van der Waals surface area (Å²) in [6.45, 7) is 1.89. The molecule has 2 aromatic carbocycles. The van der Waals surface area contributed by atoms with Crippen molar-refractivity contribution in [1.82, 2.24) is 0 Å². The molecule has 0 saturated carbocycles. The van der Waals surface area contributed by atoms with Gasteiger partial charge in [-0.05, 0) is 55.0 Å². The summed E-state index contributed by atoms with van der Waals surface area (Å²) in [5, 5.41) is 4.97. The summed E-state index contributed by atoms with van der Waals surface area (Å²) in [7, 11) is 0. The number of anilines is 2. The number of furan rings is 1. The minimum Gasteiger partial charge on any atom is -0.459 e. The van der Waals surface area contributed by atoms with Crippen LogP contribution in [0.25, 0.3) is 0 Å². The van der Waals surface area contributed by atoms with Crippen molar-refractivity contribution in [3.63, 3.8) is 0 Å². The van der Waals surface area contributed by atoms with Crippen molar-refractivity contribution >= 4 is 50.9 Å². The molecule has 8 heteroatoms. The number of carbonyl (C=O) groups excluding carboxylic acids is 2. The molecule has 0 bridgehead atoms. The molecule has 1 atom stereocenters. The number of halogens is 2. The fourth-order valence-electron chi connectivity index (χ4n) is 2.54. The van der Waals surface area contributed by atoms with E-state index in [2.05, 4.69) is 26.6 Å². The van der Waals surface area contributed by atoms with Crippen LogP contribution in [0.15, 0.2) is 74.6 Å². The third-order valence-electron chi connectivity index (χ3n) is 3.97. The second-order valence-electron chi connectivity index (χ2n) is 6.09. The molecule has 1 unspecified atom stereocenters. The first-order valence-electron chi connectivity index (χ1n) is 8.83. The van der Waals surface area contributed by atoms with E-state index in [0.29, 0.717) is 16.6 Å². The van der Waals surface area contributed by atoms with Crippen molar-refractivity contribution < 1.29 is 18.4 Å². The zero-order valence-electron chi connectivity index (χ0n) is 15.4. The molecule has 1 heterocycles. The maximum absolute atomic E-state index is 14.0. The van der Waals surface area contributed by atoms with E-state index >= 15 is 0 Å². The highest BCUT2D eigenvalue weighted by Gasteiger charge is 2.20. The van der Waals surface area contributed by atoms with Crippen molar-refractivity contribution in [2.24, 2.45) is 0 Å². The lowest BCUT2D eigenvalue weighted by Crippen LogP contribution is -2.25. The first-order chi connectivity index (χ1) is 14.0. The monoisotopic (exact) mass is 476 g/mol. The Labute approximate surface area is 180 Å². The molecule has 29 heavy (non-hydrogen) atoms. The first-order valence-corrected chi connectivity index (χ1v) is 10.5. The van der Waals surface area contributed by atoms with Crippen LogP contribution in [0.4, 0.5) is 15.8 Å². The Morgan fingerprint density at radius 2 is 1.97 bits per heavy atom. The van der Waals surface area contributed by atoms with Gasteiger partial charge in [0.1, 0.15) is 5.82 Å². The standard InChI is InChI=1S/C21H18BrFN2O3S/c1-2-19(21(27)25-17-9-8-13(22)11-16(17)23)29-15-6-3-5-14(12-15)24-20(26)18-7-4-10-28-18/h3-12,19H,2H2,1H3,(H,24,26)(H,25,27). The van der Waals surface area contributed by atoms with Crippen LogP contribution in [0.2, 0.25) is 0 Å². The Hall–Kier alpha value is -2.58. The van der Waals surface area contributed by atoms with E-state index in [1.165, 1.54) is 30.2 Å². The van der Waals surface area contributed by atoms with Gasteiger partial charge in [-0.3, -0.25) is 9.59 Å². The van der Waals surface area contributed by atoms with Gasteiger partial charge in [-0.1, -0.05) is 28.9 Å². The molecule has 0 aliphatic heterocycles. The predicted octanol–water partition coefficient (Wildman–Crippen LogP) is 5.94. The minimum absolute atomic E-state index is 0.136. The number of rotatable bonds is 7. The smallest absolute Gasteiger partial charge is 0.291 e. The maximum Gasteiger partial charge on any atom is 0.291 e. The second kappa shape index (κ2) is 9.76. The molecule has 0 radical (unpaired) electrons. The number of benzene rings is 2. The SMILES string of the molecule is CCC(Sc1cccc(NC(=O)c2ccco2)c1)C(=O)Nc1ccc(Br)cc1F. The molecule has 0 fully saturated rings. The zero-order valence-corrected chi connectivity index (χ0v) is 17.8. The van der Waals surface area contributed by atoms with Crippen LogP contribution in [-0.4, -0.2) is 17.1 Å². The normalized spacial score (nSPS) is 11.7. The van der Waals surface area contributed by atoms with Gasteiger partial charge >= 0.3 is 0 Å². The van der Waals surface area contributed by atoms with Crippen LogP contribution < -0.4 is 10.6 Å². The Morgan fingerprint density at radius 3 is 2.66 bits per heavy atom. The third-order valence-corrected chi connectivity index (χ3v) is 5.82.